The number of aromatic amines is 1. The standard InChI is InChI=1S/C29H33N7O2/c1-18-15-35(16-19-10-12-20(13-11-19)28(37)32-25-9-5-4-8-24(25)30)17-23(18)26-33-27-22(29(38)34-26)14-31-36(27)21-6-2-3-7-21/h4-5,8-14,18,21,23H,2-3,6-7,15-17,30H2,1H3,(H,32,37)(H,33,34,38)/t18-,23-/m1/s1. The van der Waals surface area contributed by atoms with Crippen molar-refractivity contribution in [3.63, 3.8) is 0 Å². The second-order valence-corrected chi connectivity index (χ2v) is 10.7. The molecule has 4 aromatic rings. The minimum Gasteiger partial charge on any atom is -0.397 e. The number of fused-ring (bicyclic) bond motifs is 1. The first-order chi connectivity index (χ1) is 18.5. The van der Waals surface area contributed by atoms with Crippen LogP contribution in [0.4, 0.5) is 11.4 Å². The fraction of sp³-hybridized carbons (Fsp3) is 0.379. The van der Waals surface area contributed by atoms with Crippen LogP contribution in [0.1, 0.15) is 66.3 Å². The topological polar surface area (TPSA) is 122 Å². The zero-order valence-electron chi connectivity index (χ0n) is 21.6. The molecule has 2 aromatic heterocycles. The maximum Gasteiger partial charge on any atom is 0.262 e. The molecule has 1 amide bonds. The molecule has 2 aliphatic rings. The first kappa shape index (κ1) is 24.4. The van der Waals surface area contributed by atoms with E-state index in [1.807, 2.05) is 41.1 Å². The number of para-hydroxylation sites is 2. The van der Waals surface area contributed by atoms with Crippen LogP contribution in [0.2, 0.25) is 0 Å². The number of nitrogen functional groups attached to an aromatic ring is 1. The lowest BCUT2D eigenvalue weighted by Crippen LogP contribution is -2.22. The van der Waals surface area contributed by atoms with Gasteiger partial charge in [-0.15, -0.1) is 0 Å². The quantitative estimate of drug-likeness (QED) is 0.332. The molecular weight excluding hydrogens is 478 g/mol. The molecular formula is C29H33N7O2. The molecule has 2 atom stereocenters. The molecule has 0 spiro atoms. The predicted octanol–water partition coefficient (Wildman–Crippen LogP) is 4.30. The summed E-state index contributed by atoms with van der Waals surface area (Å²) in [5.74, 6) is 1.05. The van der Waals surface area contributed by atoms with Crippen LogP contribution >= 0.6 is 0 Å². The van der Waals surface area contributed by atoms with Gasteiger partial charge in [0.05, 0.1) is 23.6 Å². The van der Waals surface area contributed by atoms with Gasteiger partial charge in [-0.3, -0.25) is 14.5 Å². The zero-order chi connectivity index (χ0) is 26.2. The Hall–Kier alpha value is -3.98. The number of nitrogens with zero attached hydrogens (tertiary/aromatic N) is 4. The molecule has 1 aliphatic carbocycles. The van der Waals surface area contributed by atoms with Crippen LogP contribution in [-0.4, -0.2) is 43.6 Å². The van der Waals surface area contributed by atoms with Gasteiger partial charge in [0.15, 0.2) is 5.65 Å². The molecule has 0 unspecified atom stereocenters. The van der Waals surface area contributed by atoms with Gasteiger partial charge < -0.3 is 16.0 Å². The van der Waals surface area contributed by atoms with Gasteiger partial charge in [-0.25, -0.2) is 9.67 Å². The third kappa shape index (κ3) is 4.69. The molecule has 3 heterocycles. The normalized spacial score (nSPS) is 20.3. The van der Waals surface area contributed by atoms with E-state index in [-0.39, 0.29) is 17.4 Å². The highest BCUT2D eigenvalue weighted by atomic mass is 16.1. The number of benzene rings is 2. The molecule has 38 heavy (non-hydrogen) atoms. The van der Waals surface area contributed by atoms with Gasteiger partial charge in [-0.2, -0.15) is 5.10 Å². The van der Waals surface area contributed by atoms with Crippen LogP contribution in [0, 0.1) is 5.92 Å². The van der Waals surface area contributed by atoms with E-state index < -0.39 is 0 Å². The number of aromatic nitrogens is 4. The summed E-state index contributed by atoms with van der Waals surface area (Å²) in [4.78, 5) is 35.9. The molecule has 0 bridgehead atoms. The first-order valence-corrected chi connectivity index (χ1v) is 13.4. The van der Waals surface area contributed by atoms with Crippen LogP contribution in [0.15, 0.2) is 59.5 Å². The Bertz CT molecular complexity index is 1520. The summed E-state index contributed by atoms with van der Waals surface area (Å²) in [5, 5.41) is 7.97. The third-order valence-corrected chi connectivity index (χ3v) is 8.02. The van der Waals surface area contributed by atoms with Crippen molar-refractivity contribution in [2.75, 3.05) is 24.1 Å². The molecule has 196 valence electrons. The molecule has 2 fully saturated rings. The molecule has 0 radical (unpaired) electrons. The van der Waals surface area contributed by atoms with E-state index in [0.717, 1.165) is 43.9 Å². The van der Waals surface area contributed by atoms with Gasteiger partial charge in [0.1, 0.15) is 11.2 Å². The van der Waals surface area contributed by atoms with E-state index >= 15 is 0 Å². The van der Waals surface area contributed by atoms with Gasteiger partial charge in [0, 0.05) is 31.1 Å². The van der Waals surface area contributed by atoms with Crippen molar-refractivity contribution >= 4 is 28.3 Å². The second kappa shape index (κ2) is 10.1. The summed E-state index contributed by atoms with van der Waals surface area (Å²) in [6.45, 7) is 4.69. The van der Waals surface area contributed by atoms with Crippen LogP contribution in [0.3, 0.4) is 0 Å². The monoisotopic (exact) mass is 511 g/mol. The summed E-state index contributed by atoms with van der Waals surface area (Å²) in [7, 11) is 0. The Morgan fingerprint density at radius 2 is 1.87 bits per heavy atom. The SMILES string of the molecule is C[C@@H]1CN(Cc2ccc(C(=O)Nc3ccccc3N)cc2)C[C@H]1c1nc2c(cnn2C2CCCC2)c(=O)[nH]1. The molecule has 1 saturated carbocycles. The smallest absolute Gasteiger partial charge is 0.262 e. The zero-order valence-corrected chi connectivity index (χ0v) is 21.6. The number of hydrogen-bond donors (Lipinski definition) is 3. The summed E-state index contributed by atoms with van der Waals surface area (Å²) >= 11 is 0. The van der Waals surface area contributed by atoms with Crippen molar-refractivity contribution in [2.24, 2.45) is 5.92 Å². The van der Waals surface area contributed by atoms with Crippen LogP contribution in [-0.2, 0) is 6.54 Å². The number of likely N-dealkylation sites (tertiary alicyclic amines) is 1. The van der Waals surface area contributed by atoms with Gasteiger partial charge >= 0.3 is 0 Å². The van der Waals surface area contributed by atoms with E-state index in [4.69, 9.17) is 10.7 Å². The van der Waals surface area contributed by atoms with Crippen molar-refractivity contribution in [2.45, 2.75) is 51.1 Å². The van der Waals surface area contributed by atoms with Crippen molar-refractivity contribution in [3.05, 3.63) is 82.0 Å². The largest absolute Gasteiger partial charge is 0.397 e. The minimum absolute atomic E-state index is 0.106. The Labute approximate surface area is 221 Å². The molecule has 2 aromatic carbocycles. The highest BCUT2D eigenvalue weighted by Gasteiger charge is 2.33. The predicted molar refractivity (Wildman–Crippen MR) is 148 cm³/mol. The first-order valence-electron chi connectivity index (χ1n) is 13.4. The van der Waals surface area contributed by atoms with Gasteiger partial charge in [-0.05, 0) is 48.6 Å². The number of H-pyrrole nitrogens is 1. The van der Waals surface area contributed by atoms with Crippen LogP contribution < -0.4 is 16.6 Å². The molecule has 1 saturated heterocycles. The average Bonchev–Trinajstić information content (AvgIpc) is 3.66. The number of carbonyl (C=O) groups is 1. The third-order valence-electron chi connectivity index (χ3n) is 8.02. The number of anilines is 2. The highest BCUT2D eigenvalue weighted by Crippen LogP contribution is 2.33. The van der Waals surface area contributed by atoms with Gasteiger partial charge in [-0.1, -0.05) is 44.0 Å². The van der Waals surface area contributed by atoms with E-state index in [1.54, 1.807) is 18.3 Å². The molecule has 9 heteroatoms. The number of amides is 1. The summed E-state index contributed by atoms with van der Waals surface area (Å²) in [5.41, 5.74) is 9.41. The highest BCUT2D eigenvalue weighted by molar-refractivity contribution is 6.05. The minimum atomic E-state index is -0.188. The molecule has 4 N–H and O–H groups in total. The summed E-state index contributed by atoms with van der Waals surface area (Å²) in [6.07, 6.45) is 6.24. The van der Waals surface area contributed by atoms with Crippen LogP contribution in [0.5, 0.6) is 0 Å². The van der Waals surface area contributed by atoms with Crippen LogP contribution in [0.25, 0.3) is 11.0 Å². The number of nitrogens with one attached hydrogen (secondary N) is 2. The Kier molecular flexibility index (Phi) is 6.45. The summed E-state index contributed by atoms with van der Waals surface area (Å²) in [6, 6.07) is 15.2. The second-order valence-electron chi connectivity index (χ2n) is 10.7. The van der Waals surface area contributed by atoms with Gasteiger partial charge in [0.25, 0.3) is 11.5 Å². The van der Waals surface area contributed by atoms with E-state index in [9.17, 15) is 9.59 Å². The van der Waals surface area contributed by atoms with Crippen molar-refractivity contribution in [3.8, 4) is 0 Å². The maximum absolute atomic E-state index is 12.9. The van der Waals surface area contributed by atoms with Gasteiger partial charge in [0.2, 0.25) is 0 Å². The van der Waals surface area contributed by atoms with E-state index in [0.29, 0.717) is 39.9 Å². The lowest BCUT2D eigenvalue weighted by Gasteiger charge is -2.17. The number of hydrogen-bond acceptors (Lipinski definition) is 6. The molecule has 9 nitrogen and oxygen atoms in total. The maximum atomic E-state index is 12.9. The van der Waals surface area contributed by atoms with Crippen molar-refractivity contribution in [1.29, 1.82) is 0 Å². The lowest BCUT2D eigenvalue weighted by atomic mass is 9.97. The van der Waals surface area contributed by atoms with Crippen molar-refractivity contribution in [1.82, 2.24) is 24.6 Å². The fourth-order valence-electron chi connectivity index (χ4n) is 5.92. The fourth-order valence-corrected chi connectivity index (χ4v) is 5.92. The average molecular weight is 512 g/mol. The molecule has 1 aliphatic heterocycles. The number of carbonyl (C=O) groups excluding carboxylic acids is 1. The summed E-state index contributed by atoms with van der Waals surface area (Å²) < 4.78 is 1.97. The van der Waals surface area contributed by atoms with E-state index in [1.165, 1.54) is 12.8 Å². The lowest BCUT2D eigenvalue weighted by molar-refractivity contribution is 0.102. The van der Waals surface area contributed by atoms with Crippen molar-refractivity contribution < 1.29 is 4.79 Å². The molecule has 6 rings (SSSR count). The Morgan fingerprint density at radius 1 is 1.11 bits per heavy atom. The Morgan fingerprint density at radius 3 is 2.63 bits per heavy atom. The van der Waals surface area contributed by atoms with E-state index in [2.05, 4.69) is 27.2 Å². The Balaban J connectivity index is 1.14. The number of rotatable bonds is 6. The number of nitrogens with two attached hydrogens (primary N) is 1.